The van der Waals surface area contributed by atoms with E-state index in [9.17, 15) is 4.79 Å². The van der Waals surface area contributed by atoms with Crippen LogP contribution in [0.3, 0.4) is 0 Å². The van der Waals surface area contributed by atoms with E-state index in [-0.39, 0.29) is 5.97 Å². The molecule has 0 aromatic heterocycles. The van der Waals surface area contributed by atoms with Gasteiger partial charge in [0.05, 0.1) is 5.56 Å². The topological polar surface area (TPSA) is 52.3 Å². The SMILES string of the molecule is CCCCc1ccc(C(=O)Oc2ccc(CN)cc2)cc1. The van der Waals surface area contributed by atoms with Crippen LogP contribution in [0.5, 0.6) is 5.75 Å². The van der Waals surface area contributed by atoms with Gasteiger partial charge in [0.15, 0.2) is 0 Å². The van der Waals surface area contributed by atoms with Crippen LogP contribution in [0, 0.1) is 0 Å². The fourth-order valence-electron chi connectivity index (χ4n) is 2.05. The average Bonchev–Trinajstić information content (AvgIpc) is 2.54. The summed E-state index contributed by atoms with van der Waals surface area (Å²) in [5.74, 6) is 0.199. The van der Waals surface area contributed by atoms with Crippen molar-refractivity contribution in [2.45, 2.75) is 32.7 Å². The standard InChI is InChI=1S/C18H21NO2/c1-2-3-4-14-5-9-16(10-6-14)18(20)21-17-11-7-15(13-19)8-12-17/h5-12H,2-4,13,19H2,1H3. The van der Waals surface area contributed by atoms with Crippen molar-refractivity contribution in [3.8, 4) is 5.75 Å². The van der Waals surface area contributed by atoms with Crippen molar-refractivity contribution < 1.29 is 9.53 Å². The third-order valence-electron chi connectivity index (χ3n) is 3.38. The molecule has 0 aliphatic carbocycles. The number of ether oxygens (including phenoxy) is 1. The number of carbonyl (C=O) groups is 1. The van der Waals surface area contributed by atoms with Gasteiger partial charge in [-0.2, -0.15) is 0 Å². The van der Waals surface area contributed by atoms with E-state index in [4.69, 9.17) is 10.5 Å². The smallest absolute Gasteiger partial charge is 0.343 e. The highest BCUT2D eigenvalue weighted by Gasteiger charge is 2.08. The fraction of sp³-hybridized carbons (Fsp3) is 0.278. The number of rotatable bonds is 6. The lowest BCUT2D eigenvalue weighted by Gasteiger charge is -2.06. The molecule has 0 heterocycles. The Kier molecular flexibility index (Phi) is 5.52. The molecule has 0 atom stereocenters. The summed E-state index contributed by atoms with van der Waals surface area (Å²) >= 11 is 0. The van der Waals surface area contributed by atoms with Gasteiger partial charge in [0.2, 0.25) is 0 Å². The third kappa shape index (κ3) is 4.43. The van der Waals surface area contributed by atoms with Gasteiger partial charge in [-0.1, -0.05) is 37.6 Å². The molecule has 110 valence electrons. The van der Waals surface area contributed by atoms with Gasteiger partial charge in [-0.05, 0) is 48.2 Å². The lowest BCUT2D eigenvalue weighted by molar-refractivity contribution is 0.0734. The fourth-order valence-corrected chi connectivity index (χ4v) is 2.05. The van der Waals surface area contributed by atoms with Gasteiger partial charge >= 0.3 is 5.97 Å². The zero-order valence-electron chi connectivity index (χ0n) is 12.3. The molecule has 0 aliphatic heterocycles. The Morgan fingerprint density at radius 3 is 2.19 bits per heavy atom. The summed E-state index contributed by atoms with van der Waals surface area (Å²) in [5.41, 5.74) is 8.36. The van der Waals surface area contributed by atoms with Crippen molar-refractivity contribution in [3.63, 3.8) is 0 Å². The molecular formula is C18H21NO2. The van der Waals surface area contributed by atoms with Gasteiger partial charge in [-0.25, -0.2) is 4.79 Å². The summed E-state index contributed by atoms with van der Waals surface area (Å²) in [6.45, 7) is 2.65. The maximum absolute atomic E-state index is 12.0. The van der Waals surface area contributed by atoms with E-state index in [2.05, 4.69) is 6.92 Å². The summed E-state index contributed by atoms with van der Waals surface area (Å²) < 4.78 is 5.34. The number of unbranched alkanes of at least 4 members (excludes halogenated alkanes) is 1. The predicted molar refractivity (Wildman–Crippen MR) is 84.3 cm³/mol. The normalized spacial score (nSPS) is 10.4. The molecule has 0 fully saturated rings. The maximum Gasteiger partial charge on any atom is 0.343 e. The minimum absolute atomic E-state index is 0.336. The Labute approximate surface area is 125 Å². The summed E-state index contributed by atoms with van der Waals surface area (Å²) in [4.78, 5) is 12.0. The van der Waals surface area contributed by atoms with Crippen LogP contribution in [-0.2, 0) is 13.0 Å². The number of esters is 1. The molecule has 2 aromatic rings. The summed E-state index contributed by atoms with van der Waals surface area (Å²) in [6.07, 6.45) is 3.38. The zero-order chi connectivity index (χ0) is 15.1. The van der Waals surface area contributed by atoms with Crippen molar-refractivity contribution in [2.24, 2.45) is 5.73 Å². The van der Waals surface area contributed by atoms with E-state index in [1.165, 1.54) is 12.0 Å². The highest BCUT2D eigenvalue weighted by Crippen LogP contribution is 2.15. The van der Waals surface area contributed by atoms with Crippen LogP contribution >= 0.6 is 0 Å². The monoisotopic (exact) mass is 283 g/mol. The first kappa shape index (κ1) is 15.3. The molecule has 0 bridgehead atoms. The van der Waals surface area contributed by atoms with Gasteiger partial charge in [0.1, 0.15) is 5.75 Å². The van der Waals surface area contributed by atoms with Gasteiger partial charge in [0, 0.05) is 6.54 Å². The Morgan fingerprint density at radius 1 is 1.00 bits per heavy atom. The van der Waals surface area contributed by atoms with Crippen LogP contribution in [0.15, 0.2) is 48.5 Å². The minimum Gasteiger partial charge on any atom is -0.423 e. The number of hydrogen-bond donors (Lipinski definition) is 1. The first-order valence-electron chi connectivity index (χ1n) is 7.33. The quantitative estimate of drug-likeness (QED) is 0.649. The molecule has 3 nitrogen and oxygen atoms in total. The second-order valence-electron chi connectivity index (χ2n) is 5.04. The third-order valence-corrected chi connectivity index (χ3v) is 3.38. The molecule has 0 aliphatic rings. The second-order valence-corrected chi connectivity index (χ2v) is 5.04. The van der Waals surface area contributed by atoms with Crippen molar-refractivity contribution in [2.75, 3.05) is 0 Å². The van der Waals surface area contributed by atoms with Crippen LogP contribution in [0.25, 0.3) is 0 Å². The Morgan fingerprint density at radius 2 is 1.62 bits per heavy atom. The molecule has 0 saturated carbocycles. The Balaban J connectivity index is 1.98. The number of aryl methyl sites for hydroxylation is 1. The van der Waals surface area contributed by atoms with Crippen LogP contribution in [0.2, 0.25) is 0 Å². The van der Waals surface area contributed by atoms with Crippen LogP contribution in [0.4, 0.5) is 0 Å². The number of hydrogen-bond acceptors (Lipinski definition) is 3. The van der Waals surface area contributed by atoms with Crippen molar-refractivity contribution in [1.82, 2.24) is 0 Å². The molecule has 2 N–H and O–H groups in total. The molecule has 0 amide bonds. The van der Waals surface area contributed by atoms with Gasteiger partial charge in [0.25, 0.3) is 0 Å². The lowest BCUT2D eigenvalue weighted by Crippen LogP contribution is -2.08. The van der Waals surface area contributed by atoms with E-state index in [0.29, 0.717) is 17.9 Å². The number of carbonyl (C=O) groups excluding carboxylic acids is 1. The summed E-state index contributed by atoms with van der Waals surface area (Å²) in [7, 11) is 0. The van der Waals surface area contributed by atoms with Crippen molar-refractivity contribution in [3.05, 3.63) is 65.2 Å². The highest BCUT2D eigenvalue weighted by molar-refractivity contribution is 5.91. The Bertz CT molecular complexity index is 573. The van der Waals surface area contributed by atoms with Crippen LogP contribution < -0.4 is 10.5 Å². The number of benzene rings is 2. The van der Waals surface area contributed by atoms with Gasteiger partial charge in [-0.3, -0.25) is 0 Å². The molecule has 2 aromatic carbocycles. The molecule has 0 unspecified atom stereocenters. The lowest BCUT2D eigenvalue weighted by atomic mass is 10.1. The first-order chi connectivity index (χ1) is 10.2. The molecule has 21 heavy (non-hydrogen) atoms. The molecule has 2 rings (SSSR count). The second kappa shape index (κ2) is 7.60. The molecule has 0 radical (unpaired) electrons. The summed E-state index contributed by atoms with van der Waals surface area (Å²) in [5, 5.41) is 0. The van der Waals surface area contributed by atoms with Crippen LogP contribution in [-0.4, -0.2) is 5.97 Å². The molecular weight excluding hydrogens is 262 g/mol. The van der Waals surface area contributed by atoms with E-state index >= 15 is 0 Å². The minimum atomic E-state index is -0.336. The largest absolute Gasteiger partial charge is 0.423 e. The van der Waals surface area contributed by atoms with E-state index in [0.717, 1.165) is 18.4 Å². The van der Waals surface area contributed by atoms with E-state index < -0.39 is 0 Å². The zero-order valence-corrected chi connectivity index (χ0v) is 12.3. The molecule has 0 saturated heterocycles. The van der Waals surface area contributed by atoms with Crippen LogP contribution in [0.1, 0.15) is 41.3 Å². The molecule has 3 heteroatoms. The highest BCUT2D eigenvalue weighted by atomic mass is 16.5. The summed E-state index contributed by atoms with van der Waals surface area (Å²) in [6, 6.07) is 14.9. The first-order valence-corrected chi connectivity index (χ1v) is 7.33. The van der Waals surface area contributed by atoms with E-state index in [1.54, 1.807) is 12.1 Å². The predicted octanol–water partition coefficient (Wildman–Crippen LogP) is 3.71. The number of nitrogens with two attached hydrogens (primary N) is 1. The van der Waals surface area contributed by atoms with Gasteiger partial charge < -0.3 is 10.5 Å². The van der Waals surface area contributed by atoms with E-state index in [1.807, 2.05) is 36.4 Å². The molecule has 0 spiro atoms. The van der Waals surface area contributed by atoms with Crippen molar-refractivity contribution in [1.29, 1.82) is 0 Å². The Hall–Kier alpha value is -2.13. The average molecular weight is 283 g/mol. The van der Waals surface area contributed by atoms with Gasteiger partial charge in [-0.15, -0.1) is 0 Å². The van der Waals surface area contributed by atoms with Crippen molar-refractivity contribution >= 4 is 5.97 Å². The maximum atomic E-state index is 12.0.